The molecule has 2 aromatic carbocycles. The van der Waals surface area contributed by atoms with Gasteiger partial charge in [0.2, 0.25) is 0 Å². The zero-order valence-electron chi connectivity index (χ0n) is 10.4. The Morgan fingerprint density at radius 1 is 0.652 bits per heavy atom. The number of hydrogen-bond donors (Lipinski definition) is 0. The summed E-state index contributed by atoms with van der Waals surface area (Å²) in [5, 5.41) is -1.93. The van der Waals surface area contributed by atoms with Crippen molar-refractivity contribution in [3.8, 4) is 11.1 Å². The molecule has 0 radical (unpaired) electrons. The van der Waals surface area contributed by atoms with Crippen LogP contribution in [0, 0.1) is 46.5 Å². The summed E-state index contributed by atoms with van der Waals surface area (Å²) >= 11 is 4.75. The van der Waals surface area contributed by atoms with Crippen molar-refractivity contribution in [2.24, 2.45) is 0 Å². The molecule has 0 N–H and O–H groups in total. The van der Waals surface area contributed by atoms with E-state index in [1.807, 2.05) is 0 Å². The first kappa shape index (κ1) is 17.2. The number of halogens is 9. The van der Waals surface area contributed by atoms with Crippen molar-refractivity contribution in [2.75, 3.05) is 0 Å². The molecular weight excluding hydrogens is 360 g/mol. The third-order valence-corrected chi connectivity index (χ3v) is 3.01. The molecule has 122 valence electrons. The van der Waals surface area contributed by atoms with E-state index in [1.54, 1.807) is 0 Å². The maximum Gasteiger partial charge on any atom is 0.258 e. The summed E-state index contributed by atoms with van der Waals surface area (Å²) < 4.78 is 108. The van der Waals surface area contributed by atoms with Gasteiger partial charge in [-0.25, -0.2) is 35.1 Å². The van der Waals surface area contributed by atoms with Gasteiger partial charge in [-0.15, -0.1) is 0 Å². The Labute approximate surface area is 127 Å². The van der Waals surface area contributed by atoms with Crippen LogP contribution in [0.5, 0.6) is 0 Å². The van der Waals surface area contributed by atoms with Crippen LogP contribution < -0.4 is 0 Å². The number of carbonyl (C=O) groups excluding carboxylic acids is 1. The lowest BCUT2D eigenvalue weighted by Gasteiger charge is -2.12. The van der Waals surface area contributed by atoms with Crippen molar-refractivity contribution < 1.29 is 39.9 Å². The zero-order chi connectivity index (χ0) is 17.6. The Bertz CT molecular complexity index is 794. The second-order valence-electron chi connectivity index (χ2n) is 4.12. The van der Waals surface area contributed by atoms with Gasteiger partial charge in [-0.05, 0) is 11.6 Å². The van der Waals surface area contributed by atoms with E-state index >= 15 is 0 Å². The smallest absolute Gasteiger partial charge is 0.258 e. The fraction of sp³-hybridized carbons (Fsp3) is 0. The van der Waals surface area contributed by atoms with E-state index in [-0.39, 0.29) is 6.07 Å². The van der Waals surface area contributed by atoms with Gasteiger partial charge in [0.1, 0.15) is 5.56 Å². The average molecular weight is 361 g/mol. The maximum atomic E-state index is 13.8. The first-order valence-electron chi connectivity index (χ1n) is 5.48. The van der Waals surface area contributed by atoms with Gasteiger partial charge in [0.05, 0.1) is 11.1 Å². The van der Waals surface area contributed by atoms with Gasteiger partial charge < -0.3 is 0 Å². The van der Waals surface area contributed by atoms with Crippen molar-refractivity contribution >= 4 is 16.8 Å². The number of benzene rings is 2. The second kappa shape index (κ2) is 5.80. The summed E-state index contributed by atoms with van der Waals surface area (Å²) in [6, 6.07) is -0.270. The molecule has 0 saturated heterocycles. The molecule has 0 unspecified atom stereocenters. The van der Waals surface area contributed by atoms with E-state index in [0.29, 0.717) is 0 Å². The Kier molecular flexibility index (Phi) is 4.34. The molecule has 1 nitrogen and oxygen atoms in total. The lowest BCUT2D eigenvalue weighted by Crippen LogP contribution is -2.11. The molecule has 0 aliphatic heterocycles. The summed E-state index contributed by atoms with van der Waals surface area (Å²) in [5.74, 6) is -18.3. The summed E-state index contributed by atoms with van der Waals surface area (Å²) in [5.41, 5.74) is -5.93. The molecule has 0 bridgehead atoms. The fourth-order valence-corrected chi connectivity index (χ4v) is 1.98. The Balaban J connectivity index is 3.01. The van der Waals surface area contributed by atoms with Gasteiger partial charge in [0.15, 0.2) is 46.5 Å². The van der Waals surface area contributed by atoms with Gasteiger partial charge in [0.25, 0.3) is 5.24 Å². The summed E-state index contributed by atoms with van der Waals surface area (Å²) in [6.45, 7) is 0. The Hall–Kier alpha value is -2.16. The van der Waals surface area contributed by atoms with Gasteiger partial charge in [-0.2, -0.15) is 0 Å². The van der Waals surface area contributed by atoms with Crippen molar-refractivity contribution in [1.82, 2.24) is 0 Å². The highest BCUT2D eigenvalue weighted by atomic mass is 35.5. The van der Waals surface area contributed by atoms with Crippen LogP contribution in [0.1, 0.15) is 10.4 Å². The quantitative estimate of drug-likeness (QED) is 0.425. The third-order valence-electron chi connectivity index (χ3n) is 2.82. The maximum absolute atomic E-state index is 13.8. The molecule has 0 aromatic heterocycles. The van der Waals surface area contributed by atoms with Crippen molar-refractivity contribution in [3.05, 3.63) is 58.2 Å². The van der Waals surface area contributed by atoms with E-state index in [4.69, 9.17) is 11.6 Å². The third kappa shape index (κ3) is 2.54. The number of rotatable bonds is 2. The van der Waals surface area contributed by atoms with E-state index in [0.717, 1.165) is 0 Å². The second-order valence-corrected chi connectivity index (χ2v) is 4.47. The zero-order valence-corrected chi connectivity index (χ0v) is 11.1. The van der Waals surface area contributed by atoms with Crippen LogP contribution in [-0.2, 0) is 0 Å². The monoisotopic (exact) mass is 360 g/mol. The van der Waals surface area contributed by atoms with Crippen LogP contribution in [0.2, 0.25) is 0 Å². The van der Waals surface area contributed by atoms with Crippen molar-refractivity contribution in [2.45, 2.75) is 0 Å². The van der Waals surface area contributed by atoms with Gasteiger partial charge in [-0.1, -0.05) is 0 Å². The molecule has 0 heterocycles. The summed E-state index contributed by atoms with van der Waals surface area (Å²) in [4.78, 5) is 10.8. The van der Waals surface area contributed by atoms with Crippen molar-refractivity contribution in [1.29, 1.82) is 0 Å². The highest BCUT2D eigenvalue weighted by Crippen LogP contribution is 2.37. The van der Waals surface area contributed by atoms with E-state index in [2.05, 4.69) is 0 Å². The molecule has 0 aliphatic carbocycles. The standard InChI is InChI=1S/C13HClF8O/c14-13(23)6-11(21)9(19)5(10(20)12(6)22)4-7(17)2(15)1-3(16)8(4)18/h1H. The molecule has 0 amide bonds. The van der Waals surface area contributed by atoms with Gasteiger partial charge in [0, 0.05) is 6.07 Å². The van der Waals surface area contributed by atoms with Crippen LogP contribution in [0.4, 0.5) is 35.1 Å². The lowest BCUT2D eigenvalue weighted by molar-refractivity contribution is 0.107. The van der Waals surface area contributed by atoms with Crippen molar-refractivity contribution in [3.63, 3.8) is 0 Å². The first-order valence-corrected chi connectivity index (χ1v) is 5.86. The number of carbonyl (C=O) groups is 1. The molecule has 2 rings (SSSR count). The summed E-state index contributed by atoms with van der Waals surface area (Å²) in [6.07, 6.45) is 0. The van der Waals surface area contributed by atoms with Crippen LogP contribution >= 0.6 is 11.6 Å². The highest BCUT2D eigenvalue weighted by molar-refractivity contribution is 6.67. The molecule has 0 spiro atoms. The topological polar surface area (TPSA) is 17.1 Å². The SMILES string of the molecule is O=C(Cl)c1c(F)c(F)c(-c2c(F)c(F)cc(F)c2F)c(F)c1F. The van der Waals surface area contributed by atoms with Gasteiger partial charge in [-0.3, -0.25) is 4.79 Å². The van der Waals surface area contributed by atoms with Crippen LogP contribution in [0.25, 0.3) is 11.1 Å². The normalized spacial score (nSPS) is 11.0. The predicted molar refractivity (Wildman–Crippen MR) is 61.7 cm³/mol. The molecule has 10 heteroatoms. The summed E-state index contributed by atoms with van der Waals surface area (Å²) in [7, 11) is 0. The fourth-order valence-electron chi connectivity index (χ4n) is 1.82. The van der Waals surface area contributed by atoms with E-state index in [1.165, 1.54) is 0 Å². The largest absolute Gasteiger partial charge is 0.275 e. The lowest BCUT2D eigenvalue weighted by atomic mass is 9.99. The minimum atomic E-state index is -2.45. The minimum Gasteiger partial charge on any atom is -0.275 e. The molecule has 0 fully saturated rings. The van der Waals surface area contributed by atoms with E-state index < -0.39 is 68.5 Å². The predicted octanol–water partition coefficient (Wildman–Crippen LogP) is 4.85. The van der Waals surface area contributed by atoms with E-state index in [9.17, 15) is 39.9 Å². The van der Waals surface area contributed by atoms with Crippen LogP contribution in [0.15, 0.2) is 6.07 Å². The van der Waals surface area contributed by atoms with Gasteiger partial charge >= 0.3 is 0 Å². The molecule has 0 saturated carbocycles. The first-order chi connectivity index (χ1) is 10.6. The Morgan fingerprint density at radius 3 is 1.35 bits per heavy atom. The Morgan fingerprint density at radius 2 is 1.00 bits per heavy atom. The molecule has 2 aromatic rings. The highest BCUT2D eigenvalue weighted by Gasteiger charge is 2.33. The van der Waals surface area contributed by atoms with Crippen LogP contribution in [-0.4, -0.2) is 5.24 Å². The minimum absolute atomic E-state index is 0.270. The average Bonchev–Trinajstić information content (AvgIpc) is 2.46. The number of hydrogen-bond acceptors (Lipinski definition) is 1. The van der Waals surface area contributed by atoms with Crippen LogP contribution in [0.3, 0.4) is 0 Å². The molecule has 0 atom stereocenters. The molecule has 23 heavy (non-hydrogen) atoms. The molecular formula is C13HClF8O. The molecule has 0 aliphatic rings.